The SMILES string of the molecule is CC[C@@H](C(=O)NC)N(Cc1ccc(OC)cc1)C(=O)CN(c1cc(C)ccc1OC)S(=O)(=O)c1ccccc1. The van der Waals surface area contributed by atoms with Crippen LogP contribution in [0.1, 0.15) is 24.5 Å². The second-order valence-corrected chi connectivity index (χ2v) is 10.8. The molecule has 0 aliphatic rings. The Hall–Kier alpha value is -4.05. The molecule has 10 heteroatoms. The number of amides is 2. The van der Waals surface area contributed by atoms with E-state index in [0.717, 1.165) is 15.4 Å². The highest BCUT2D eigenvalue weighted by molar-refractivity contribution is 7.92. The standard InChI is InChI=1S/C29H35N3O6S/c1-6-25(29(34)30-3)31(19-22-13-15-23(37-4)16-14-22)28(33)20-32(26-18-21(2)12-17-27(26)38-5)39(35,36)24-10-8-7-9-11-24/h7-18,25H,6,19-20H2,1-5H3,(H,30,34)/t25-/m0/s1. The highest BCUT2D eigenvalue weighted by Crippen LogP contribution is 2.33. The Labute approximate surface area is 230 Å². The Bertz CT molecular complexity index is 1380. The first-order valence-electron chi connectivity index (χ1n) is 12.5. The number of carbonyl (C=O) groups is 2. The predicted octanol–water partition coefficient (Wildman–Crippen LogP) is 3.76. The van der Waals surface area contributed by atoms with Gasteiger partial charge in [-0.1, -0.05) is 43.3 Å². The van der Waals surface area contributed by atoms with Crippen molar-refractivity contribution in [2.45, 2.75) is 37.8 Å². The van der Waals surface area contributed by atoms with Gasteiger partial charge in [-0.25, -0.2) is 8.42 Å². The zero-order chi connectivity index (χ0) is 28.6. The van der Waals surface area contributed by atoms with Crippen molar-refractivity contribution in [2.75, 3.05) is 32.1 Å². The summed E-state index contributed by atoms with van der Waals surface area (Å²) < 4.78 is 39.6. The highest BCUT2D eigenvalue weighted by Gasteiger charge is 2.34. The molecule has 0 saturated carbocycles. The number of carbonyl (C=O) groups excluding carboxylic acids is 2. The highest BCUT2D eigenvalue weighted by atomic mass is 32.2. The number of methoxy groups -OCH3 is 2. The average molecular weight is 554 g/mol. The molecule has 39 heavy (non-hydrogen) atoms. The normalized spacial score (nSPS) is 11.8. The summed E-state index contributed by atoms with van der Waals surface area (Å²) in [6, 6.07) is 19.4. The van der Waals surface area contributed by atoms with E-state index in [0.29, 0.717) is 17.9 Å². The molecule has 208 valence electrons. The number of likely N-dealkylation sites (N-methyl/N-ethyl adjacent to an activating group) is 1. The molecule has 0 heterocycles. The van der Waals surface area contributed by atoms with E-state index < -0.39 is 28.5 Å². The predicted molar refractivity (Wildman–Crippen MR) is 150 cm³/mol. The quantitative estimate of drug-likeness (QED) is 0.366. The summed E-state index contributed by atoms with van der Waals surface area (Å²) in [6.07, 6.45) is 0.334. The summed E-state index contributed by atoms with van der Waals surface area (Å²) in [4.78, 5) is 28.3. The van der Waals surface area contributed by atoms with Crippen LogP contribution in [0.2, 0.25) is 0 Å². The van der Waals surface area contributed by atoms with Crippen molar-refractivity contribution in [3.05, 3.63) is 83.9 Å². The number of hydrogen-bond acceptors (Lipinski definition) is 6. The number of rotatable bonds is 12. The van der Waals surface area contributed by atoms with E-state index >= 15 is 0 Å². The van der Waals surface area contributed by atoms with Gasteiger partial charge in [0.1, 0.15) is 24.1 Å². The molecule has 0 fully saturated rings. The fourth-order valence-corrected chi connectivity index (χ4v) is 5.68. The second kappa shape index (κ2) is 13.1. The van der Waals surface area contributed by atoms with Crippen LogP contribution in [-0.2, 0) is 26.2 Å². The number of benzene rings is 3. The van der Waals surface area contributed by atoms with Gasteiger partial charge in [0.2, 0.25) is 11.8 Å². The molecule has 0 unspecified atom stereocenters. The Kier molecular flexibility index (Phi) is 9.95. The van der Waals surface area contributed by atoms with Crippen LogP contribution < -0.4 is 19.1 Å². The van der Waals surface area contributed by atoms with Crippen LogP contribution in [0.15, 0.2) is 77.7 Å². The Morgan fingerprint density at radius 3 is 2.18 bits per heavy atom. The van der Waals surface area contributed by atoms with Gasteiger partial charge in [-0.3, -0.25) is 13.9 Å². The van der Waals surface area contributed by atoms with Gasteiger partial charge >= 0.3 is 0 Å². The molecule has 0 radical (unpaired) electrons. The van der Waals surface area contributed by atoms with Crippen molar-refractivity contribution >= 4 is 27.5 Å². The Morgan fingerprint density at radius 1 is 0.949 bits per heavy atom. The molecule has 3 aromatic carbocycles. The minimum absolute atomic E-state index is 0.0291. The molecule has 0 aromatic heterocycles. The number of sulfonamides is 1. The summed E-state index contributed by atoms with van der Waals surface area (Å²) in [6.45, 7) is 3.18. The number of hydrogen-bond donors (Lipinski definition) is 1. The molecule has 0 aliphatic carbocycles. The lowest BCUT2D eigenvalue weighted by Crippen LogP contribution is -2.51. The molecule has 0 aliphatic heterocycles. The lowest BCUT2D eigenvalue weighted by atomic mass is 10.1. The molecule has 2 amide bonds. The van der Waals surface area contributed by atoms with Gasteiger partial charge in [0.05, 0.1) is 24.8 Å². The van der Waals surface area contributed by atoms with Gasteiger partial charge in [-0.15, -0.1) is 0 Å². The van der Waals surface area contributed by atoms with Crippen molar-refractivity contribution < 1.29 is 27.5 Å². The topological polar surface area (TPSA) is 105 Å². The van der Waals surface area contributed by atoms with Crippen molar-refractivity contribution in [3.63, 3.8) is 0 Å². The van der Waals surface area contributed by atoms with Crippen molar-refractivity contribution in [1.82, 2.24) is 10.2 Å². The van der Waals surface area contributed by atoms with Crippen LogP contribution in [0.4, 0.5) is 5.69 Å². The summed E-state index contributed by atoms with van der Waals surface area (Å²) in [5, 5.41) is 2.62. The molecule has 3 rings (SSSR count). The number of aryl methyl sites for hydroxylation is 1. The number of anilines is 1. The van der Waals surface area contributed by atoms with Gasteiger partial charge in [-0.2, -0.15) is 0 Å². The van der Waals surface area contributed by atoms with E-state index in [2.05, 4.69) is 5.32 Å². The van der Waals surface area contributed by atoms with E-state index in [1.165, 1.54) is 31.2 Å². The van der Waals surface area contributed by atoms with E-state index in [4.69, 9.17) is 9.47 Å². The average Bonchev–Trinajstić information content (AvgIpc) is 2.96. The van der Waals surface area contributed by atoms with Crippen LogP contribution in [0.3, 0.4) is 0 Å². The maximum Gasteiger partial charge on any atom is 0.264 e. The Morgan fingerprint density at radius 2 is 1.62 bits per heavy atom. The maximum absolute atomic E-state index is 14.0. The van der Waals surface area contributed by atoms with Crippen molar-refractivity contribution in [3.8, 4) is 11.5 Å². The van der Waals surface area contributed by atoms with Gasteiger partial charge in [-0.05, 0) is 60.9 Å². The summed E-state index contributed by atoms with van der Waals surface area (Å²) >= 11 is 0. The van der Waals surface area contributed by atoms with E-state index in [1.54, 1.807) is 74.7 Å². The van der Waals surface area contributed by atoms with Gasteiger partial charge in [0, 0.05) is 13.6 Å². The smallest absolute Gasteiger partial charge is 0.264 e. The van der Waals surface area contributed by atoms with Crippen LogP contribution >= 0.6 is 0 Å². The summed E-state index contributed by atoms with van der Waals surface area (Å²) in [5.74, 6) is 0.0730. The van der Waals surface area contributed by atoms with Crippen LogP contribution in [0.5, 0.6) is 11.5 Å². The van der Waals surface area contributed by atoms with Crippen molar-refractivity contribution in [1.29, 1.82) is 0 Å². The summed E-state index contributed by atoms with van der Waals surface area (Å²) in [5.41, 5.74) is 1.78. The first kappa shape index (κ1) is 29.5. The molecular weight excluding hydrogens is 518 g/mol. The molecule has 1 atom stereocenters. The van der Waals surface area contributed by atoms with E-state index in [9.17, 15) is 18.0 Å². The minimum Gasteiger partial charge on any atom is -0.497 e. The number of nitrogens with zero attached hydrogens (tertiary/aromatic N) is 2. The fourth-order valence-electron chi connectivity index (χ4n) is 4.24. The minimum atomic E-state index is -4.18. The second-order valence-electron chi connectivity index (χ2n) is 8.91. The lowest BCUT2D eigenvalue weighted by molar-refractivity contribution is -0.140. The zero-order valence-electron chi connectivity index (χ0n) is 22.9. The monoisotopic (exact) mass is 553 g/mol. The van der Waals surface area contributed by atoms with Crippen LogP contribution in [0.25, 0.3) is 0 Å². The number of ether oxygens (including phenoxy) is 2. The third kappa shape index (κ3) is 6.88. The fraction of sp³-hybridized carbons (Fsp3) is 0.310. The van der Waals surface area contributed by atoms with Gasteiger partial charge in [0.15, 0.2) is 0 Å². The lowest BCUT2D eigenvalue weighted by Gasteiger charge is -2.33. The molecule has 0 saturated heterocycles. The first-order valence-corrected chi connectivity index (χ1v) is 14.0. The molecule has 1 N–H and O–H groups in total. The summed E-state index contributed by atoms with van der Waals surface area (Å²) in [7, 11) is 0.324. The third-order valence-electron chi connectivity index (χ3n) is 6.36. The van der Waals surface area contributed by atoms with Crippen LogP contribution in [-0.4, -0.2) is 59.0 Å². The van der Waals surface area contributed by atoms with Gasteiger partial charge in [0.25, 0.3) is 10.0 Å². The molecular formula is C29H35N3O6S. The third-order valence-corrected chi connectivity index (χ3v) is 8.13. The maximum atomic E-state index is 14.0. The largest absolute Gasteiger partial charge is 0.497 e. The van der Waals surface area contributed by atoms with Gasteiger partial charge < -0.3 is 19.7 Å². The number of nitrogens with one attached hydrogen (secondary N) is 1. The van der Waals surface area contributed by atoms with E-state index in [-0.39, 0.29) is 23.0 Å². The molecule has 9 nitrogen and oxygen atoms in total. The van der Waals surface area contributed by atoms with E-state index in [1.807, 2.05) is 6.92 Å². The molecule has 3 aromatic rings. The molecule has 0 bridgehead atoms. The molecule has 0 spiro atoms. The van der Waals surface area contributed by atoms with Crippen molar-refractivity contribution in [2.24, 2.45) is 0 Å². The first-order chi connectivity index (χ1) is 18.7. The van der Waals surface area contributed by atoms with Crippen LogP contribution in [0, 0.1) is 6.92 Å². The zero-order valence-corrected chi connectivity index (χ0v) is 23.7. The Balaban J connectivity index is 2.10.